The molecule has 2 heterocycles. The number of carbonyl (C=O) groups excluding carboxylic acids is 2. The summed E-state index contributed by atoms with van der Waals surface area (Å²) in [6, 6.07) is 7.69. The van der Waals surface area contributed by atoms with Crippen LogP contribution in [0.2, 0.25) is 0 Å². The second-order valence-corrected chi connectivity index (χ2v) is 6.41. The first-order valence-corrected chi connectivity index (χ1v) is 8.49. The fourth-order valence-electron chi connectivity index (χ4n) is 3.22. The number of allylic oxidation sites excluding steroid dienone is 1. The van der Waals surface area contributed by atoms with Gasteiger partial charge in [-0.05, 0) is 43.7 Å². The first-order valence-electron chi connectivity index (χ1n) is 8.49. The smallest absolute Gasteiger partial charge is 0.326 e. The SMILES string of the molecule is CC(=O)C1=C(C)N(c2cccc(C(F)(F)F)c2)C(=O)N[C@H]1c1ccc(C#N)nc1. The van der Waals surface area contributed by atoms with E-state index < -0.39 is 23.8 Å². The lowest BCUT2D eigenvalue weighted by molar-refractivity contribution is -0.137. The summed E-state index contributed by atoms with van der Waals surface area (Å²) in [5, 5.41) is 11.5. The summed E-state index contributed by atoms with van der Waals surface area (Å²) in [5.74, 6) is -0.353. The zero-order chi connectivity index (χ0) is 21.3. The molecule has 1 aromatic carbocycles. The van der Waals surface area contributed by atoms with E-state index in [4.69, 9.17) is 5.26 Å². The number of nitrogens with one attached hydrogen (secondary N) is 1. The Kier molecular flexibility index (Phi) is 5.12. The van der Waals surface area contributed by atoms with Crippen LogP contribution in [0.3, 0.4) is 0 Å². The summed E-state index contributed by atoms with van der Waals surface area (Å²) >= 11 is 0. The van der Waals surface area contributed by atoms with Gasteiger partial charge < -0.3 is 5.32 Å². The summed E-state index contributed by atoms with van der Waals surface area (Å²) in [4.78, 5) is 30.1. The first-order chi connectivity index (χ1) is 13.6. The number of urea groups is 1. The molecule has 0 spiro atoms. The zero-order valence-corrected chi connectivity index (χ0v) is 15.4. The minimum Gasteiger partial charge on any atom is -0.326 e. The van der Waals surface area contributed by atoms with Gasteiger partial charge in [0, 0.05) is 17.5 Å². The molecule has 9 heteroatoms. The second kappa shape index (κ2) is 7.39. The molecular formula is C20H15F3N4O2. The van der Waals surface area contributed by atoms with Crippen molar-refractivity contribution in [1.29, 1.82) is 5.26 Å². The quantitative estimate of drug-likeness (QED) is 0.840. The molecule has 2 amide bonds. The summed E-state index contributed by atoms with van der Waals surface area (Å²) in [6.07, 6.45) is -3.19. The van der Waals surface area contributed by atoms with Crippen LogP contribution in [0.15, 0.2) is 53.9 Å². The van der Waals surface area contributed by atoms with Crippen molar-refractivity contribution in [2.75, 3.05) is 4.90 Å². The molecule has 0 fully saturated rings. The van der Waals surface area contributed by atoms with Gasteiger partial charge in [-0.3, -0.25) is 9.69 Å². The van der Waals surface area contributed by atoms with Gasteiger partial charge in [0.1, 0.15) is 11.8 Å². The summed E-state index contributed by atoms with van der Waals surface area (Å²) < 4.78 is 39.2. The molecule has 0 saturated heterocycles. The van der Waals surface area contributed by atoms with Gasteiger partial charge in [0.25, 0.3) is 0 Å². The Labute approximate surface area is 164 Å². The average Bonchev–Trinajstić information content (AvgIpc) is 2.67. The van der Waals surface area contributed by atoms with E-state index in [1.165, 1.54) is 38.2 Å². The molecule has 3 rings (SSSR count). The highest BCUT2D eigenvalue weighted by Gasteiger charge is 2.36. The van der Waals surface area contributed by atoms with Crippen LogP contribution in [-0.4, -0.2) is 16.8 Å². The number of benzene rings is 1. The van der Waals surface area contributed by atoms with Gasteiger partial charge in [-0.25, -0.2) is 9.78 Å². The third kappa shape index (κ3) is 3.82. The fraction of sp³-hybridized carbons (Fsp3) is 0.200. The lowest BCUT2D eigenvalue weighted by Gasteiger charge is -2.35. The molecular weight excluding hydrogens is 385 g/mol. The number of hydrogen-bond donors (Lipinski definition) is 1. The van der Waals surface area contributed by atoms with E-state index in [9.17, 15) is 22.8 Å². The second-order valence-electron chi connectivity index (χ2n) is 6.41. The van der Waals surface area contributed by atoms with E-state index in [1.54, 1.807) is 6.07 Å². The van der Waals surface area contributed by atoms with Crippen molar-refractivity contribution in [2.24, 2.45) is 0 Å². The van der Waals surface area contributed by atoms with Crippen LogP contribution in [-0.2, 0) is 11.0 Å². The maximum atomic E-state index is 13.1. The van der Waals surface area contributed by atoms with E-state index in [-0.39, 0.29) is 28.4 Å². The van der Waals surface area contributed by atoms with Crippen LogP contribution in [0.1, 0.15) is 36.7 Å². The number of halogens is 3. The maximum absolute atomic E-state index is 13.1. The Hall–Kier alpha value is -3.67. The molecule has 29 heavy (non-hydrogen) atoms. The Morgan fingerprint density at radius 3 is 2.55 bits per heavy atom. The van der Waals surface area contributed by atoms with Crippen LogP contribution in [0.4, 0.5) is 23.7 Å². The van der Waals surface area contributed by atoms with Crippen molar-refractivity contribution >= 4 is 17.5 Å². The third-order valence-corrected chi connectivity index (χ3v) is 4.53. The third-order valence-electron chi connectivity index (χ3n) is 4.53. The molecule has 1 aliphatic rings. The lowest BCUT2D eigenvalue weighted by Crippen LogP contribution is -2.47. The average molecular weight is 400 g/mol. The largest absolute Gasteiger partial charge is 0.416 e. The predicted octanol–water partition coefficient (Wildman–Crippen LogP) is 4.11. The minimum absolute atomic E-state index is 0.00928. The van der Waals surface area contributed by atoms with Crippen LogP contribution < -0.4 is 10.2 Å². The normalized spacial score (nSPS) is 17.0. The number of rotatable bonds is 3. The molecule has 0 saturated carbocycles. The Morgan fingerprint density at radius 1 is 1.28 bits per heavy atom. The Balaban J connectivity index is 2.10. The summed E-state index contributed by atoms with van der Waals surface area (Å²) in [7, 11) is 0. The van der Waals surface area contributed by atoms with Crippen molar-refractivity contribution in [3.8, 4) is 6.07 Å². The zero-order valence-electron chi connectivity index (χ0n) is 15.4. The number of aromatic nitrogens is 1. The maximum Gasteiger partial charge on any atom is 0.416 e. The molecule has 148 valence electrons. The number of Topliss-reactive ketones (excluding diaryl/α,β-unsaturated/α-hetero) is 1. The molecule has 1 aliphatic heterocycles. The molecule has 1 N–H and O–H groups in total. The van der Waals surface area contributed by atoms with E-state index in [1.807, 2.05) is 6.07 Å². The van der Waals surface area contributed by atoms with Gasteiger partial charge in [0.15, 0.2) is 5.78 Å². The molecule has 2 aromatic rings. The molecule has 1 atom stereocenters. The molecule has 0 unspecified atom stereocenters. The molecule has 0 aliphatic carbocycles. The fourth-order valence-corrected chi connectivity index (χ4v) is 3.22. The number of pyridine rings is 1. The van der Waals surface area contributed by atoms with Gasteiger partial charge in [-0.15, -0.1) is 0 Å². The van der Waals surface area contributed by atoms with E-state index in [0.29, 0.717) is 5.56 Å². The van der Waals surface area contributed by atoms with Gasteiger partial charge in [-0.1, -0.05) is 12.1 Å². The Bertz CT molecular complexity index is 1050. The summed E-state index contributed by atoms with van der Waals surface area (Å²) in [5.41, 5.74) is 0.170. The number of amides is 2. The monoisotopic (exact) mass is 400 g/mol. The van der Waals surface area contributed by atoms with Crippen LogP contribution in [0.25, 0.3) is 0 Å². The summed E-state index contributed by atoms with van der Waals surface area (Å²) in [6.45, 7) is 2.81. The van der Waals surface area contributed by atoms with Crippen LogP contribution in [0, 0.1) is 11.3 Å². The van der Waals surface area contributed by atoms with Crippen LogP contribution >= 0.6 is 0 Å². The van der Waals surface area contributed by atoms with Crippen molar-refractivity contribution in [3.05, 3.63) is 70.7 Å². The standard InChI is InChI=1S/C20H15F3N4O2/c1-11-17(12(2)28)18(13-6-7-15(9-24)25-10-13)26-19(29)27(11)16-5-3-4-14(8-16)20(21,22)23/h3-8,10,18H,1-2H3,(H,26,29)/t18-/m0/s1. The number of alkyl halides is 3. The van der Waals surface area contributed by atoms with Gasteiger partial charge in [-0.2, -0.15) is 18.4 Å². The van der Waals surface area contributed by atoms with Gasteiger partial charge >= 0.3 is 12.2 Å². The van der Waals surface area contributed by atoms with Crippen molar-refractivity contribution in [3.63, 3.8) is 0 Å². The highest BCUT2D eigenvalue weighted by atomic mass is 19.4. The lowest BCUT2D eigenvalue weighted by atomic mass is 9.93. The highest BCUT2D eigenvalue weighted by molar-refractivity contribution is 6.04. The molecule has 6 nitrogen and oxygen atoms in total. The molecule has 0 bridgehead atoms. The van der Waals surface area contributed by atoms with Gasteiger partial charge in [0.2, 0.25) is 0 Å². The number of ketones is 1. The molecule has 1 aromatic heterocycles. The number of carbonyl (C=O) groups is 2. The first kappa shape index (κ1) is 20.1. The van der Waals surface area contributed by atoms with Crippen molar-refractivity contribution in [1.82, 2.24) is 10.3 Å². The number of anilines is 1. The van der Waals surface area contributed by atoms with E-state index in [0.717, 1.165) is 17.0 Å². The Morgan fingerprint density at radius 2 is 2.00 bits per heavy atom. The van der Waals surface area contributed by atoms with Gasteiger partial charge in [0.05, 0.1) is 17.3 Å². The number of nitrogens with zero attached hydrogens (tertiary/aromatic N) is 3. The van der Waals surface area contributed by atoms with E-state index >= 15 is 0 Å². The molecule has 0 radical (unpaired) electrons. The topological polar surface area (TPSA) is 86.1 Å². The highest BCUT2D eigenvalue weighted by Crippen LogP contribution is 2.36. The van der Waals surface area contributed by atoms with Crippen LogP contribution in [0.5, 0.6) is 0 Å². The van der Waals surface area contributed by atoms with Crippen molar-refractivity contribution < 1.29 is 22.8 Å². The minimum atomic E-state index is -4.57. The van der Waals surface area contributed by atoms with Crippen molar-refractivity contribution in [2.45, 2.75) is 26.1 Å². The van der Waals surface area contributed by atoms with E-state index in [2.05, 4.69) is 10.3 Å². The number of hydrogen-bond acceptors (Lipinski definition) is 4. The number of nitriles is 1. The predicted molar refractivity (Wildman–Crippen MR) is 97.5 cm³/mol.